The molecule has 5 nitrogen and oxygen atoms in total. The van der Waals surface area contributed by atoms with E-state index in [9.17, 15) is 9.59 Å². The summed E-state index contributed by atoms with van der Waals surface area (Å²) in [6, 6.07) is 10.6. The van der Waals surface area contributed by atoms with Crippen molar-refractivity contribution < 1.29 is 13.9 Å². The predicted octanol–water partition coefficient (Wildman–Crippen LogP) is 3.04. The highest BCUT2D eigenvalue weighted by Crippen LogP contribution is 2.32. The van der Waals surface area contributed by atoms with Crippen molar-refractivity contribution in [2.75, 3.05) is 4.90 Å². The Kier molecular flexibility index (Phi) is 3.78. The van der Waals surface area contributed by atoms with Gasteiger partial charge in [0, 0.05) is 17.3 Å². The van der Waals surface area contributed by atoms with Gasteiger partial charge in [0.15, 0.2) is 0 Å². The van der Waals surface area contributed by atoms with Gasteiger partial charge in [-0.05, 0) is 38.5 Å². The zero-order valence-corrected chi connectivity index (χ0v) is 13.2. The molecule has 0 N–H and O–H groups in total. The molecule has 2 aromatic rings. The van der Waals surface area contributed by atoms with Crippen LogP contribution in [0.25, 0.3) is 0 Å². The van der Waals surface area contributed by atoms with Crippen molar-refractivity contribution in [3.8, 4) is 5.75 Å². The Bertz CT molecular complexity index is 836. The number of amides is 1. The summed E-state index contributed by atoms with van der Waals surface area (Å²) in [7, 11) is 0. The number of benzene rings is 1. The molecule has 1 atom stereocenters. The summed E-state index contributed by atoms with van der Waals surface area (Å²) in [4.78, 5) is 26.2. The van der Waals surface area contributed by atoms with Gasteiger partial charge in [-0.3, -0.25) is 14.5 Å². The highest BCUT2D eigenvalue weighted by atomic mass is 16.5. The van der Waals surface area contributed by atoms with Gasteiger partial charge in [0.1, 0.15) is 5.76 Å². The minimum atomic E-state index is -0.658. The molecule has 5 heteroatoms. The minimum absolute atomic E-state index is 0.125. The topological polar surface area (TPSA) is 59.8 Å². The second kappa shape index (κ2) is 5.76. The summed E-state index contributed by atoms with van der Waals surface area (Å²) < 4.78 is 11.1. The van der Waals surface area contributed by atoms with Gasteiger partial charge in [0.2, 0.25) is 17.4 Å². The summed E-state index contributed by atoms with van der Waals surface area (Å²) in [5.74, 6) is 0.382. The Balaban J connectivity index is 2.04. The third-order valence-corrected chi connectivity index (χ3v) is 4.01. The molecule has 0 fully saturated rings. The van der Waals surface area contributed by atoms with Gasteiger partial charge >= 0.3 is 0 Å². The molecule has 0 saturated carbocycles. The minimum Gasteiger partial charge on any atom is -0.465 e. The van der Waals surface area contributed by atoms with Gasteiger partial charge in [-0.15, -0.1) is 0 Å². The number of anilines is 1. The molecule has 3 rings (SSSR count). The predicted molar refractivity (Wildman–Crippen MR) is 86.4 cm³/mol. The normalized spacial score (nSPS) is 17.8. The van der Waals surface area contributed by atoms with Crippen molar-refractivity contribution in [1.82, 2.24) is 0 Å². The summed E-state index contributed by atoms with van der Waals surface area (Å²) in [6.45, 7) is 5.25. The molecule has 1 unspecified atom stereocenters. The average Bonchev–Trinajstić information content (AvgIpc) is 2.76. The van der Waals surface area contributed by atoms with E-state index >= 15 is 0 Å². The first-order chi connectivity index (χ1) is 11.0. The number of hydrogen-bond acceptors (Lipinski definition) is 4. The van der Waals surface area contributed by atoms with Gasteiger partial charge in [-0.25, -0.2) is 0 Å². The number of aryl methyl sites for hydroxylation is 1. The van der Waals surface area contributed by atoms with Gasteiger partial charge in [0.25, 0.3) is 5.91 Å². The van der Waals surface area contributed by atoms with E-state index in [-0.39, 0.29) is 17.1 Å². The Morgan fingerprint density at radius 2 is 1.74 bits per heavy atom. The fraction of sp³-hybridized carbons (Fsp3) is 0.222. The fourth-order valence-corrected chi connectivity index (χ4v) is 2.57. The van der Waals surface area contributed by atoms with Crippen LogP contribution in [-0.4, -0.2) is 12.1 Å². The molecule has 0 spiro atoms. The molecule has 1 aromatic heterocycles. The van der Waals surface area contributed by atoms with Crippen LogP contribution in [0.3, 0.4) is 0 Å². The maximum atomic E-state index is 12.6. The molecule has 2 heterocycles. The van der Waals surface area contributed by atoms with E-state index in [1.54, 1.807) is 18.7 Å². The maximum absolute atomic E-state index is 12.6. The first-order valence-electron chi connectivity index (χ1n) is 7.31. The second-order valence-corrected chi connectivity index (χ2v) is 5.46. The molecule has 118 valence electrons. The van der Waals surface area contributed by atoms with Crippen molar-refractivity contribution in [2.45, 2.75) is 27.0 Å². The van der Waals surface area contributed by atoms with E-state index < -0.39 is 6.23 Å². The van der Waals surface area contributed by atoms with E-state index in [1.165, 1.54) is 12.3 Å². The zero-order valence-electron chi connectivity index (χ0n) is 13.2. The first-order valence-corrected chi connectivity index (χ1v) is 7.31. The number of nitrogens with zero attached hydrogens (tertiary/aromatic N) is 1. The average molecular weight is 311 g/mol. The van der Waals surface area contributed by atoms with Crippen LogP contribution in [0, 0.1) is 6.92 Å². The van der Waals surface area contributed by atoms with Gasteiger partial charge < -0.3 is 9.15 Å². The molecule has 0 saturated heterocycles. The molecular weight excluding hydrogens is 294 g/mol. The number of para-hydroxylation sites is 1. The van der Waals surface area contributed by atoms with E-state index in [4.69, 9.17) is 9.15 Å². The zero-order chi connectivity index (χ0) is 16.6. The number of carbonyl (C=O) groups excluding carboxylic acids is 1. The Morgan fingerprint density at radius 3 is 2.39 bits per heavy atom. The molecule has 0 bridgehead atoms. The van der Waals surface area contributed by atoms with Crippen molar-refractivity contribution in [2.24, 2.45) is 0 Å². The van der Waals surface area contributed by atoms with Crippen LogP contribution in [0.4, 0.5) is 5.69 Å². The van der Waals surface area contributed by atoms with E-state index in [2.05, 4.69) is 0 Å². The standard InChI is InChI=1S/C18H17NO4/c1-11-12(2)18(23-16-13(3)22-10-9-15(16)20)19(17(11)21)14-7-5-4-6-8-14/h4-10,18H,1-3H3. The van der Waals surface area contributed by atoms with Gasteiger partial charge in [-0.1, -0.05) is 18.2 Å². The molecule has 1 aromatic carbocycles. The fourth-order valence-electron chi connectivity index (χ4n) is 2.57. The van der Waals surface area contributed by atoms with Crippen molar-refractivity contribution in [3.05, 3.63) is 69.8 Å². The Hall–Kier alpha value is -2.82. The van der Waals surface area contributed by atoms with Crippen molar-refractivity contribution in [1.29, 1.82) is 0 Å². The first kappa shape index (κ1) is 15.1. The number of carbonyl (C=O) groups is 1. The highest BCUT2D eigenvalue weighted by molar-refractivity contribution is 6.09. The number of ether oxygens (including phenoxy) is 1. The van der Waals surface area contributed by atoms with Crippen LogP contribution in [0.5, 0.6) is 5.75 Å². The van der Waals surface area contributed by atoms with Crippen LogP contribution in [-0.2, 0) is 4.79 Å². The lowest BCUT2D eigenvalue weighted by molar-refractivity contribution is -0.115. The summed E-state index contributed by atoms with van der Waals surface area (Å²) in [6.07, 6.45) is 0.668. The maximum Gasteiger partial charge on any atom is 0.257 e. The number of hydrogen-bond donors (Lipinski definition) is 0. The lowest BCUT2D eigenvalue weighted by Gasteiger charge is -2.27. The Morgan fingerprint density at radius 1 is 1.04 bits per heavy atom. The lowest BCUT2D eigenvalue weighted by atomic mass is 10.2. The molecule has 23 heavy (non-hydrogen) atoms. The highest BCUT2D eigenvalue weighted by Gasteiger charge is 2.38. The van der Waals surface area contributed by atoms with Gasteiger partial charge in [0.05, 0.1) is 6.26 Å². The summed E-state index contributed by atoms with van der Waals surface area (Å²) in [5, 5.41) is 0. The third-order valence-electron chi connectivity index (χ3n) is 4.01. The summed E-state index contributed by atoms with van der Waals surface area (Å²) >= 11 is 0. The quantitative estimate of drug-likeness (QED) is 0.874. The molecule has 1 amide bonds. The SMILES string of the molecule is CC1=C(C)C(Oc2c(C)occc2=O)N(c2ccccc2)C1=O. The number of rotatable bonds is 3. The van der Waals surface area contributed by atoms with Gasteiger partial charge in [-0.2, -0.15) is 0 Å². The molecular formula is C18H17NO4. The van der Waals surface area contributed by atoms with Crippen LogP contribution in [0.15, 0.2) is 63.0 Å². The lowest BCUT2D eigenvalue weighted by Crippen LogP contribution is -2.40. The largest absolute Gasteiger partial charge is 0.465 e. The second-order valence-electron chi connectivity index (χ2n) is 5.46. The van der Waals surface area contributed by atoms with Crippen molar-refractivity contribution in [3.63, 3.8) is 0 Å². The van der Waals surface area contributed by atoms with E-state index in [0.29, 0.717) is 11.3 Å². The van der Waals surface area contributed by atoms with Crippen molar-refractivity contribution >= 4 is 11.6 Å². The Labute approximate surface area is 133 Å². The molecule has 1 aliphatic heterocycles. The smallest absolute Gasteiger partial charge is 0.257 e. The summed E-state index contributed by atoms with van der Waals surface area (Å²) in [5.41, 5.74) is 1.85. The van der Waals surface area contributed by atoms with E-state index in [0.717, 1.165) is 11.3 Å². The molecule has 0 radical (unpaired) electrons. The molecule has 0 aliphatic carbocycles. The van der Waals surface area contributed by atoms with Crippen LogP contribution >= 0.6 is 0 Å². The monoisotopic (exact) mass is 311 g/mol. The van der Waals surface area contributed by atoms with Crippen LogP contribution < -0.4 is 15.1 Å². The van der Waals surface area contributed by atoms with Crippen LogP contribution in [0.2, 0.25) is 0 Å². The van der Waals surface area contributed by atoms with Crippen LogP contribution in [0.1, 0.15) is 19.6 Å². The molecule has 1 aliphatic rings. The van der Waals surface area contributed by atoms with E-state index in [1.807, 2.05) is 37.3 Å². The third kappa shape index (κ3) is 2.54.